The lowest BCUT2D eigenvalue weighted by atomic mass is 10.1. The average molecular weight is 406 g/mol. The summed E-state index contributed by atoms with van der Waals surface area (Å²) in [4.78, 5) is 9.16. The Bertz CT molecular complexity index is 1180. The largest absolute Gasteiger partial charge is 0.492 e. The zero-order valence-corrected chi connectivity index (χ0v) is 18.0. The quantitative estimate of drug-likeness (QED) is 0.498. The van der Waals surface area contributed by atoms with Gasteiger partial charge in [-0.05, 0) is 45.9 Å². The Hall–Kier alpha value is -3.42. The van der Waals surface area contributed by atoms with E-state index in [0.717, 1.165) is 45.1 Å². The number of pyridine rings is 2. The number of hydrogen-bond acceptors (Lipinski definition) is 6. The zero-order chi connectivity index (χ0) is 21.3. The van der Waals surface area contributed by atoms with E-state index >= 15 is 0 Å². The predicted molar refractivity (Wildman–Crippen MR) is 118 cm³/mol. The van der Waals surface area contributed by atoms with E-state index < -0.39 is 0 Å². The maximum atomic E-state index is 5.79. The molecule has 0 aromatic carbocycles. The maximum Gasteiger partial charge on any atom is 0.146 e. The van der Waals surface area contributed by atoms with Gasteiger partial charge < -0.3 is 10.1 Å². The van der Waals surface area contributed by atoms with E-state index in [1.54, 1.807) is 17.1 Å². The molecule has 156 valence electrons. The number of rotatable bonds is 7. The lowest BCUT2D eigenvalue weighted by Crippen LogP contribution is -2.07. The normalized spacial score (nSPS) is 11.4. The van der Waals surface area contributed by atoms with Crippen LogP contribution in [0.2, 0.25) is 0 Å². The first kappa shape index (κ1) is 19.9. The predicted octanol–water partition coefficient (Wildman–Crippen LogP) is 4.13. The summed E-state index contributed by atoms with van der Waals surface area (Å²) in [6.07, 6.45) is 5.43. The van der Waals surface area contributed by atoms with Gasteiger partial charge >= 0.3 is 0 Å². The minimum Gasteiger partial charge on any atom is -0.492 e. The molecule has 1 N–H and O–H groups in total. The molecule has 0 saturated heterocycles. The van der Waals surface area contributed by atoms with Crippen molar-refractivity contribution in [3.63, 3.8) is 0 Å². The Kier molecular flexibility index (Phi) is 5.39. The summed E-state index contributed by atoms with van der Waals surface area (Å²) in [6, 6.07) is 6.21. The van der Waals surface area contributed by atoms with Crippen molar-refractivity contribution in [2.24, 2.45) is 7.05 Å². The summed E-state index contributed by atoms with van der Waals surface area (Å²) in [5.74, 6) is 0.719. The molecule has 8 nitrogen and oxygen atoms in total. The summed E-state index contributed by atoms with van der Waals surface area (Å²) in [7, 11) is 1.92. The van der Waals surface area contributed by atoms with Crippen LogP contribution in [-0.4, -0.2) is 36.1 Å². The van der Waals surface area contributed by atoms with Gasteiger partial charge in [0, 0.05) is 31.0 Å². The van der Waals surface area contributed by atoms with Crippen LogP contribution in [0.4, 0.5) is 5.69 Å². The Morgan fingerprint density at radius 1 is 1.20 bits per heavy atom. The van der Waals surface area contributed by atoms with Crippen LogP contribution in [0.25, 0.3) is 22.3 Å². The molecule has 0 atom stereocenters. The Morgan fingerprint density at radius 3 is 2.73 bits per heavy atom. The molecule has 0 saturated carbocycles. The number of hydrogen-bond donors (Lipinski definition) is 1. The van der Waals surface area contributed by atoms with E-state index in [9.17, 15) is 0 Å². The monoisotopic (exact) mass is 405 g/mol. The first-order valence-electron chi connectivity index (χ1n) is 10.2. The number of aryl methyl sites for hydroxylation is 2. The van der Waals surface area contributed by atoms with Gasteiger partial charge in [-0.25, -0.2) is 4.98 Å². The molecule has 4 rings (SSSR count). The fraction of sp³-hybridized carbons (Fsp3) is 0.364. The van der Waals surface area contributed by atoms with Crippen molar-refractivity contribution >= 4 is 16.7 Å². The molecular weight excluding hydrogens is 378 g/mol. The van der Waals surface area contributed by atoms with Crippen molar-refractivity contribution in [1.29, 1.82) is 0 Å². The molecule has 4 aromatic rings. The van der Waals surface area contributed by atoms with E-state index in [4.69, 9.17) is 14.8 Å². The number of nitrogens with one attached hydrogen (secondary N) is 1. The van der Waals surface area contributed by atoms with Crippen LogP contribution in [0, 0.1) is 6.92 Å². The van der Waals surface area contributed by atoms with Gasteiger partial charge in [-0.2, -0.15) is 10.2 Å². The van der Waals surface area contributed by atoms with Crippen molar-refractivity contribution in [3.05, 3.63) is 48.2 Å². The molecule has 0 aliphatic carbocycles. The zero-order valence-electron chi connectivity index (χ0n) is 18.0. The van der Waals surface area contributed by atoms with Gasteiger partial charge in [0.2, 0.25) is 0 Å². The number of nitrogens with zero attached hydrogens (tertiary/aromatic N) is 6. The highest BCUT2D eigenvalue weighted by Gasteiger charge is 2.19. The summed E-state index contributed by atoms with van der Waals surface area (Å²) >= 11 is 0. The minimum atomic E-state index is 0.212. The number of anilines is 1. The Morgan fingerprint density at radius 2 is 2.03 bits per heavy atom. The summed E-state index contributed by atoms with van der Waals surface area (Å²) in [6.45, 7) is 9.38. The molecule has 30 heavy (non-hydrogen) atoms. The van der Waals surface area contributed by atoms with Gasteiger partial charge in [-0.3, -0.25) is 14.3 Å². The Balaban J connectivity index is 1.86. The van der Waals surface area contributed by atoms with Crippen LogP contribution in [0.5, 0.6) is 5.75 Å². The first-order chi connectivity index (χ1) is 14.5. The number of aromatic nitrogens is 6. The van der Waals surface area contributed by atoms with Crippen LogP contribution in [0.15, 0.2) is 36.8 Å². The van der Waals surface area contributed by atoms with Gasteiger partial charge in [0.15, 0.2) is 0 Å². The second-order valence-electron chi connectivity index (χ2n) is 7.52. The molecular formula is C22H27N7O. The van der Waals surface area contributed by atoms with Gasteiger partial charge in [0.25, 0.3) is 0 Å². The molecule has 0 fully saturated rings. The van der Waals surface area contributed by atoms with Crippen LogP contribution in [0.3, 0.4) is 0 Å². The minimum absolute atomic E-state index is 0.212. The Labute approximate surface area is 175 Å². The highest BCUT2D eigenvalue weighted by molar-refractivity contribution is 5.93. The van der Waals surface area contributed by atoms with Crippen LogP contribution in [0.1, 0.15) is 38.2 Å². The molecule has 0 radical (unpaired) electrons. The molecule has 0 aliphatic rings. The number of ether oxygens (including phenoxy) is 1. The van der Waals surface area contributed by atoms with Gasteiger partial charge in [0.05, 0.1) is 42.1 Å². The molecule has 4 heterocycles. The second kappa shape index (κ2) is 8.14. The molecule has 0 aliphatic heterocycles. The fourth-order valence-electron chi connectivity index (χ4n) is 3.53. The second-order valence-corrected chi connectivity index (χ2v) is 7.52. The lowest BCUT2D eigenvalue weighted by molar-refractivity contribution is 0.340. The van der Waals surface area contributed by atoms with Crippen LogP contribution in [-0.2, 0) is 13.6 Å². The fourth-order valence-corrected chi connectivity index (χ4v) is 3.53. The van der Waals surface area contributed by atoms with Crippen molar-refractivity contribution in [2.75, 3.05) is 11.9 Å². The highest BCUT2D eigenvalue weighted by atomic mass is 16.5. The van der Waals surface area contributed by atoms with Gasteiger partial charge in [-0.15, -0.1) is 0 Å². The van der Waals surface area contributed by atoms with E-state index in [1.165, 1.54) is 0 Å². The standard InChI is InChI=1S/C22H27N7O/c1-6-30-20-13-23-9-7-17(20)18-11-19(24-12-16-8-10-28(5)27-16)22-21(25-18)15(4)26-29(22)14(2)3/h7-11,13-14H,6,12H2,1-5H3,(H,24,25). The van der Waals surface area contributed by atoms with Crippen molar-refractivity contribution in [3.8, 4) is 17.0 Å². The SMILES string of the molecule is CCOc1cnccc1-c1cc(NCc2ccn(C)n2)c2c(n1)c(C)nn2C(C)C. The first-order valence-corrected chi connectivity index (χ1v) is 10.2. The van der Waals surface area contributed by atoms with E-state index in [0.29, 0.717) is 13.2 Å². The maximum absolute atomic E-state index is 5.79. The summed E-state index contributed by atoms with van der Waals surface area (Å²) in [5.41, 5.74) is 6.44. The highest BCUT2D eigenvalue weighted by Crippen LogP contribution is 2.35. The average Bonchev–Trinajstić information content (AvgIpc) is 3.30. The molecule has 0 amide bonds. The molecule has 8 heteroatoms. The van der Waals surface area contributed by atoms with Gasteiger partial charge in [0.1, 0.15) is 16.8 Å². The van der Waals surface area contributed by atoms with Crippen molar-refractivity contribution in [1.82, 2.24) is 29.5 Å². The number of fused-ring (bicyclic) bond motifs is 1. The van der Waals surface area contributed by atoms with Crippen molar-refractivity contribution < 1.29 is 4.74 Å². The third-order valence-corrected chi connectivity index (χ3v) is 4.90. The summed E-state index contributed by atoms with van der Waals surface area (Å²) < 4.78 is 9.62. The smallest absolute Gasteiger partial charge is 0.146 e. The van der Waals surface area contributed by atoms with Crippen molar-refractivity contribution in [2.45, 2.75) is 40.3 Å². The molecule has 0 bridgehead atoms. The third-order valence-electron chi connectivity index (χ3n) is 4.90. The lowest BCUT2D eigenvalue weighted by Gasteiger charge is -2.15. The van der Waals surface area contributed by atoms with Gasteiger partial charge in [-0.1, -0.05) is 0 Å². The molecule has 0 unspecified atom stereocenters. The van der Waals surface area contributed by atoms with E-state index in [-0.39, 0.29) is 6.04 Å². The topological polar surface area (TPSA) is 82.7 Å². The van der Waals surface area contributed by atoms with Crippen LogP contribution >= 0.6 is 0 Å². The summed E-state index contributed by atoms with van der Waals surface area (Å²) in [5, 5.41) is 12.8. The molecule has 4 aromatic heterocycles. The molecule has 0 spiro atoms. The van der Waals surface area contributed by atoms with Crippen LogP contribution < -0.4 is 10.1 Å². The van der Waals surface area contributed by atoms with E-state index in [1.807, 2.05) is 43.9 Å². The third kappa shape index (κ3) is 3.72. The van der Waals surface area contributed by atoms with E-state index in [2.05, 4.69) is 35.3 Å².